The van der Waals surface area contributed by atoms with Crippen molar-refractivity contribution in [1.82, 2.24) is 10.1 Å². The molecule has 9 nitrogen and oxygen atoms in total. The number of hydrogen-bond acceptors (Lipinski definition) is 7. The summed E-state index contributed by atoms with van der Waals surface area (Å²) in [6, 6.07) is 2.46. The van der Waals surface area contributed by atoms with E-state index in [9.17, 15) is 21.4 Å². The number of hydrazone groups is 1. The van der Waals surface area contributed by atoms with E-state index in [0.29, 0.717) is 4.64 Å². The van der Waals surface area contributed by atoms with E-state index in [4.69, 9.17) is 27.9 Å². The number of allylic oxidation sites excluding steroid dienone is 1. The van der Waals surface area contributed by atoms with Gasteiger partial charge in [-0.15, -0.1) is 9.74 Å². The van der Waals surface area contributed by atoms with Crippen LogP contribution in [-0.2, 0) is 20.2 Å². The molecule has 0 fully saturated rings. The molecule has 0 spiro atoms. The van der Waals surface area contributed by atoms with Crippen LogP contribution in [0.5, 0.6) is 0 Å². The smallest absolute Gasteiger partial charge is 0.282 e. The molecule has 1 heterocycles. The second-order valence-corrected chi connectivity index (χ2v) is 7.44. The van der Waals surface area contributed by atoms with Crippen LogP contribution in [0.1, 0.15) is 5.56 Å². The van der Waals surface area contributed by atoms with Crippen LogP contribution in [0, 0.1) is 0 Å². The van der Waals surface area contributed by atoms with E-state index in [1.54, 1.807) is 0 Å². The number of halogens is 2. The molecule has 0 unspecified atom stereocenters. The lowest BCUT2D eigenvalue weighted by Gasteiger charge is -2.19. The highest BCUT2D eigenvalue weighted by molar-refractivity contribution is 7.86. The summed E-state index contributed by atoms with van der Waals surface area (Å²) in [4.78, 5) is -1.21. The number of hydrogen-bond donors (Lipinski definition) is 3. The van der Waals surface area contributed by atoms with Gasteiger partial charge in [-0.3, -0.25) is 14.5 Å². The van der Waals surface area contributed by atoms with Crippen LogP contribution in [0.4, 0.5) is 0 Å². The minimum absolute atomic E-state index is 0.0586. The Morgan fingerprint density at radius 1 is 1.14 bits per heavy atom. The van der Waals surface area contributed by atoms with Crippen LogP contribution in [-0.4, -0.2) is 35.7 Å². The van der Waals surface area contributed by atoms with Gasteiger partial charge >= 0.3 is 0 Å². The monoisotopic (exact) mass is 387 g/mol. The van der Waals surface area contributed by atoms with Crippen molar-refractivity contribution in [1.29, 1.82) is 0 Å². The van der Waals surface area contributed by atoms with E-state index < -0.39 is 30.0 Å². The molecule has 120 valence electrons. The van der Waals surface area contributed by atoms with Crippen LogP contribution in [0.25, 0.3) is 5.57 Å². The van der Waals surface area contributed by atoms with E-state index in [0.717, 1.165) is 24.4 Å². The van der Waals surface area contributed by atoms with Gasteiger partial charge in [0.2, 0.25) is 0 Å². The average Bonchev–Trinajstić information content (AvgIpc) is 2.36. The van der Waals surface area contributed by atoms with Crippen molar-refractivity contribution in [2.24, 2.45) is 5.10 Å². The first kappa shape index (κ1) is 17.0. The van der Waals surface area contributed by atoms with Crippen molar-refractivity contribution < 1.29 is 25.9 Å². The van der Waals surface area contributed by atoms with Gasteiger partial charge in [0.25, 0.3) is 20.2 Å². The third-order valence-corrected chi connectivity index (χ3v) is 4.74. The molecule has 1 aromatic carbocycles. The zero-order valence-corrected chi connectivity index (χ0v) is 13.4. The third-order valence-electron chi connectivity index (χ3n) is 2.53. The predicted octanol–water partition coefficient (Wildman–Crippen LogP) is 1.05. The third kappa shape index (κ3) is 3.51. The average molecular weight is 388 g/mol. The molecule has 0 atom stereocenters. The van der Waals surface area contributed by atoms with Gasteiger partial charge in [0, 0.05) is 17.3 Å². The molecule has 1 aliphatic rings. The maximum Gasteiger partial charge on any atom is 0.295 e. The van der Waals surface area contributed by atoms with Gasteiger partial charge in [-0.05, 0) is 18.2 Å². The second-order valence-electron chi connectivity index (χ2n) is 3.95. The number of rotatable bonds is 3. The Bertz CT molecular complexity index is 894. The van der Waals surface area contributed by atoms with Crippen LogP contribution in [0.3, 0.4) is 0 Å². The van der Waals surface area contributed by atoms with Gasteiger partial charge in [-0.2, -0.15) is 16.8 Å². The van der Waals surface area contributed by atoms with E-state index in [2.05, 4.69) is 10.5 Å². The number of benzene rings is 1. The molecule has 0 saturated carbocycles. The molecule has 1 aromatic rings. The lowest BCUT2D eigenvalue weighted by Crippen LogP contribution is -2.25. The van der Waals surface area contributed by atoms with Crippen LogP contribution in [0.2, 0.25) is 0 Å². The van der Waals surface area contributed by atoms with Crippen LogP contribution in [0.15, 0.2) is 39.3 Å². The highest BCUT2D eigenvalue weighted by Crippen LogP contribution is 2.29. The van der Waals surface area contributed by atoms with E-state index >= 15 is 0 Å². The normalized spacial score (nSPS) is 15.9. The number of nitrogens with one attached hydrogen (secondary N) is 1. The van der Waals surface area contributed by atoms with Crippen LogP contribution < -0.4 is 5.43 Å². The van der Waals surface area contributed by atoms with Crippen molar-refractivity contribution in [3.8, 4) is 0 Å². The molecule has 0 bridgehead atoms. The predicted molar refractivity (Wildman–Crippen MR) is 78.2 cm³/mol. The maximum atomic E-state index is 11.4. The van der Waals surface area contributed by atoms with Gasteiger partial charge < -0.3 is 0 Å². The molecular formula is C9H7Cl2N3O6S2. The van der Waals surface area contributed by atoms with Gasteiger partial charge in [-0.25, -0.2) is 0 Å². The Balaban J connectivity index is 2.75. The number of nitrogens with zero attached hydrogens (tertiary/aromatic N) is 2. The minimum atomic E-state index is -4.69. The molecule has 0 radical (unpaired) electrons. The van der Waals surface area contributed by atoms with Crippen molar-refractivity contribution in [3.05, 3.63) is 30.0 Å². The summed E-state index contributed by atoms with van der Waals surface area (Å²) in [5, 5.41) is 3.30. The van der Waals surface area contributed by atoms with Crippen molar-refractivity contribution in [2.45, 2.75) is 9.79 Å². The standard InChI is InChI=1S/C9H7Cl2N3O6S2/c10-9-7(4-12-14(11)13-9)6-3-5(21(15,16)17)1-2-8(6)22(18,19)20/h1-4,12H,(H,15,16,17)(H,18,19,20). The topological polar surface area (TPSA) is 136 Å². The zero-order valence-electron chi connectivity index (χ0n) is 10.3. The SMILES string of the molecule is O=S(=O)(O)c1ccc(S(=O)(=O)O)c(C2=CNN(Cl)N=C2Cl)c1. The summed E-state index contributed by atoms with van der Waals surface area (Å²) < 4.78 is 64.1. The lowest BCUT2D eigenvalue weighted by molar-refractivity contribution is 0.414. The highest BCUT2D eigenvalue weighted by atomic mass is 35.5. The fourth-order valence-corrected chi connectivity index (χ4v) is 3.22. The van der Waals surface area contributed by atoms with E-state index in [1.165, 1.54) is 0 Å². The Labute approximate surface area is 135 Å². The Morgan fingerprint density at radius 2 is 1.77 bits per heavy atom. The molecule has 0 amide bonds. The molecule has 0 saturated heterocycles. The summed E-state index contributed by atoms with van der Waals surface area (Å²) in [6.07, 6.45) is 1.14. The molecule has 13 heteroatoms. The van der Waals surface area contributed by atoms with Crippen LogP contribution >= 0.6 is 23.4 Å². The first-order valence-corrected chi connectivity index (χ1v) is 8.86. The first-order valence-electron chi connectivity index (χ1n) is 5.26. The molecule has 3 N–H and O–H groups in total. The molecule has 22 heavy (non-hydrogen) atoms. The van der Waals surface area contributed by atoms with Gasteiger partial charge in [0.15, 0.2) is 5.17 Å². The summed E-state index contributed by atoms with van der Waals surface area (Å²) in [7, 11) is -9.29. The van der Waals surface area contributed by atoms with Gasteiger partial charge in [0.05, 0.1) is 16.7 Å². The van der Waals surface area contributed by atoms with Gasteiger partial charge in [0.1, 0.15) is 4.90 Å². The zero-order chi connectivity index (χ0) is 16.7. The summed E-state index contributed by atoms with van der Waals surface area (Å²) >= 11 is 11.3. The minimum Gasteiger partial charge on any atom is -0.282 e. The fraction of sp³-hybridized carbons (Fsp3) is 0. The summed E-state index contributed by atoms with van der Waals surface area (Å²) in [5.74, 6) is 0. The van der Waals surface area contributed by atoms with E-state index in [-0.39, 0.29) is 16.3 Å². The Kier molecular flexibility index (Phi) is 4.39. The van der Waals surface area contributed by atoms with E-state index in [1.807, 2.05) is 0 Å². The van der Waals surface area contributed by atoms with Gasteiger partial charge in [-0.1, -0.05) is 11.6 Å². The molecule has 0 aromatic heterocycles. The van der Waals surface area contributed by atoms with Crippen molar-refractivity contribution in [2.75, 3.05) is 0 Å². The quantitative estimate of drug-likeness (QED) is 0.516. The first-order chi connectivity index (χ1) is 10.00. The molecular weight excluding hydrogens is 381 g/mol. The van der Waals surface area contributed by atoms with Crippen molar-refractivity contribution >= 4 is 54.4 Å². The second kappa shape index (κ2) is 5.68. The largest absolute Gasteiger partial charge is 0.295 e. The molecule has 2 rings (SSSR count). The van der Waals surface area contributed by atoms with Crippen molar-refractivity contribution in [3.63, 3.8) is 0 Å². The molecule has 1 aliphatic heterocycles. The summed E-state index contributed by atoms with van der Waals surface area (Å²) in [5.41, 5.74) is 2.03. The highest BCUT2D eigenvalue weighted by Gasteiger charge is 2.25. The fourth-order valence-electron chi connectivity index (χ4n) is 1.63. The molecule has 0 aliphatic carbocycles. The lowest BCUT2D eigenvalue weighted by atomic mass is 10.1. The maximum absolute atomic E-state index is 11.4. The summed E-state index contributed by atoms with van der Waals surface area (Å²) in [6.45, 7) is 0. The Hall–Kier alpha value is -1.37. The number of hydrazine groups is 1. The Morgan fingerprint density at radius 3 is 2.27 bits per heavy atom.